The van der Waals surface area contributed by atoms with Gasteiger partial charge >= 0.3 is 0 Å². The lowest BCUT2D eigenvalue weighted by atomic mass is 10.0. The largest absolute Gasteiger partial charge is 0.324 e. The summed E-state index contributed by atoms with van der Waals surface area (Å²) in [5.41, 5.74) is 7.53. The maximum atomic E-state index is 8.72. The minimum Gasteiger partial charge on any atom is -0.324 e. The van der Waals surface area contributed by atoms with Crippen LogP contribution in [0, 0.1) is 11.3 Å². The lowest BCUT2D eigenvalue weighted by Crippen LogP contribution is -2.08. The van der Waals surface area contributed by atoms with E-state index in [0.717, 1.165) is 16.5 Å². The van der Waals surface area contributed by atoms with Crippen LogP contribution in [0.25, 0.3) is 0 Å². The van der Waals surface area contributed by atoms with Gasteiger partial charge in [0.1, 0.15) is 6.07 Å². The minimum atomic E-state index is -0.0449. The summed E-state index contributed by atoms with van der Waals surface area (Å²) in [4.78, 5) is 0. The van der Waals surface area contributed by atoms with E-state index in [0.29, 0.717) is 5.56 Å². The van der Waals surface area contributed by atoms with Gasteiger partial charge in [0, 0.05) is 10.5 Å². The molecule has 1 rings (SSSR count). The standard InChI is InChI=1S/C11H11BrN2/c1-2-3-11(14)8-4-5-9(7-13)10(12)6-8/h2,4-6,11H,1,3,14H2/t11-/m0/s1. The van der Waals surface area contributed by atoms with Crippen LogP contribution >= 0.6 is 15.9 Å². The number of nitrogens with two attached hydrogens (primary N) is 1. The van der Waals surface area contributed by atoms with Crippen molar-refractivity contribution < 1.29 is 0 Å². The molecule has 0 amide bonds. The molecular formula is C11H11BrN2. The molecule has 14 heavy (non-hydrogen) atoms. The summed E-state index contributed by atoms with van der Waals surface area (Å²) in [6, 6.07) is 7.56. The Labute approximate surface area is 92.2 Å². The van der Waals surface area contributed by atoms with Crippen molar-refractivity contribution in [3.63, 3.8) is 0 Å². The molecule has 0 fully saturated rings. The molecule has 0 aliphatic carbocycles. The monoisotopic (exact) mass is 250 g/mol. The molecule has 3 heteroatoms. The Morgan fingerprint density at radius 2 is 2.36 bits per heavy atom. The highest BCUT2D eigenvalue weighted by Gasteiger charge is 2.06. The number of hydrogen-bond donors (Lipinski definition) is 1. The highest BCUT2D eigenvalue weighted by Crippen LogP contribution is 2.22. The van der Waals surface area contributed by atoms with Crippen LogP contribution in [0.3, 0.4) is 0 Å². The Balaban J connectivity index is 2.97. The summed E-state index contributed by atoms with van der Waals surface area (Å²) in [6.07, 6.45) is 2.52. The third-order valence-electron chi connectivity index (χ3n) is 1.96. The van der Waals surface area contributed by atoms with Gasteiger partial charge < -0.3 is 5.73 Å². The van der Waals surface area contributed by atoms with Crippen LogP contribution < -0.4 is 5.73 Å². The Hall–Kier alpha value is -1.11. The molecule has 0 unspecified atom stereocenters. The quantitative estimate of drug-likeness (QED) is 0.839. The zero-order chi connectivity index (χ0) is 10.6. The van der Waals surface area contributed by atoms with Crippen molar-refractivity contribution in [1.29, 1.82) is 5.26 Å². The first-order valence-corrected chi connectivity index (χ1v) is 5.04. The zero-order valence-corrected chi connectivity index (χ0v) is 9.29. The first-order valence-electron chi connectivity index (χ1n) is 4.25. The molecule has 0 aliphatic heterocycles. The summed E-state index contributed by atoms with van der Waals surface area (Å²) >= 11 is 3.32. The third-order valence-corrected chi connectivity index (χ3v) is 2.62. The number of hydrogen-bond acceptors (Lipinski definition) is 2. The number of nitriles is 1. The summed E-state index contributed by atoms with van der Waals surface area (Å²) in [6.45, 7) is 3.64. The van der Waals surface area contributed by atoms with Gasteiger partial charge in [0.05, 0.1) is 5.56 Å². The second-order valence-electron chi connectivity index (χ2n) is 2.98. The van der Waals surface area contributed by atoms with Gasteiger partial charge in [0.2, 0.25) is 0 Å². The van der Waals surface area contributed by atoms with Crippen LogP contribution in [0.1, 0.15) is 23.6 Å². The molecule has 0 aliphatic rings. The van der Waals surface area contributed by atoms with E-state index in [2.05, 4.69) is 28.6 Å². The molecule has 2 N–H and O–H groups in total. The molecule has 0 bridgehead atoms. The molecule has 0 radical (unpaired) electrons. The predicted octanol–water partition coefficient (Wildman–Crippen LogP) is 2.90. The SMILES string of the molecule is C=CC[C@H](N)c1ccc(C#N)c(Br)c1. The molecule has 1 aromatic carbocycles. The molecule has 0 aromatic heterocycles. The Morgan fingerprint density at radius 3 is 2.86 bits per heavy atom. The second kappa shape index (κ2) is 4.94. The maximum absolute atomic E-state index is 8.72. The highest BCUT2D eigenvalue weighted by atomic mass is 79.9. The van der Waals surface area contributed by atoms with E-state index >= 15 is 0 Å². The average Bonchev–Trinajstić information content (AvgIpc) is 2.18. The number of rotatable bonds is 3. The van der Waals surface area contributed by atoms with Gasteiger partial charge in [0.25, 0.3) is 0 Å². The molecule has 0 saturated heterocycles. The fourth-order valence-corrected chi connectivity index (χ4v) is 1.65. The molecule has 72 valence electrons. The van der Waals surface area contributed by atoms with Gasteiger partial charge in [-0.15, -0.1) is 6.58 Å². The van der Waals surface area contributed by atoms with E-state index in [9.17, 15) is 0 Å². The fourth-order valence-electron chi connectivity index (χ4n) is 1.17. The van der Waals surface area contributed by atoms with Crippen LogP contribution in [0.15, 0.2) is 35.3 Å². The van der Waals surface area contributed by atoms with Gasteiger partial charge in [-0.05, 0) is 40.0 Å². The molecule has 0 heterocycles. The van der Waals surface area contributed by atoms with E-state index in [4.69, 9.17) is 11.0 Å². The van der Waals surface area contributed by atoms with E-state index in [1.807, 2.05) is 12.1 Å². The van der Waals surface area contributed by atoms with Crippen LogP contribution in [0.4, 0.5) is 0 Å². The van der Waals surface area contributed by atoms with E-state index in [-0.39, 0.29) is 6.04 Å². The van der Waals surface area contributed by atoms with Crippen molar-refractivity contribution in [2.75, 3.05) is 0 Å². The normalized spacial score (nSPS) is 11.8. The van der Waals surface area contributed by atoms with E-state index in [1.54, 1.807) is 12.1 Å². The Bertz CT molecular complexity index is 379. The lowest BCUT2D eigenvalue weighted by molar-refractivity contribution is 0.741. The Kier molecular flexibility index (Phi) is 3.87. The van der Waals surface area contributed by atoms with Crippen molar-refractivity contribution >= 4 is 15.9 Å². The first-order chi connectivity index (χ1) is 6.69. The van der Waals surface area contributed by atoms with Gasteiger partial charge in [-0.1, -0.05) is 12.1 Å². The van der Waals surface area contributed by atoms with Crippen LogP contribution in [0.2, 0.25) is 0 Å². The van der Waals surface area contributed by atoms with Crippen molar-refractivity contribution in [3.05, 3.63) is 46.5 Å². The summed E-state index contributed by atoms with van der Waals surface area (Å²) in [7, 11) is 0. The zero-order valence-electron chi connectivity index (χ0n) is 7.70. The van der Waals surface area contributed by atoms with E-state index < -0.39 is 0 Å². The maximum Gasteiger partial charge on any atom is 0.100 e. The summed E-state index contributed by atoms with van der Waals surface area (Å²) in [5.74, 6) is 0. The smallest absolute Gasteiger partial charge is 0.100 e. The number of halogens is 1. The number of benzene rings is 1. The molecule has 0 spiro atoms. The lowest BCUT2D eigenvalue weighted by Gasteiger charge is -2.09. The fraction of sp³-hybridized carbons (Fsp3) is 0.182. The summed E-state index contributed by atoms with van der Waals surface area (Å²) < 4.78 is 0.789. The molecular weight excluding hydrogens is 240 g/mol. The minimum absolute atomic E-state index is 0.0449. The van der Waals surface area contributed by atoms with E-state index in [1.165, 1.54) is 0 Å². The second-order valence-corrected chi connectivity index (χ2v) is 3.84. The van der Waals surface area contributed by atoms with Crippen molar-refractivity contribution in [1.82, 2.24) is 0 Å². The highest BCUT2D eigenvalue weighted by molar-refractivity contribution is 9.10. The van der Waals surface area contributed by atoms with Crippen LogP contribution in [-0.4, -0.2) is 0 Å². The Morgan fingerprint density at radius 1 is 1.64 bits per heavy atom. The van der Waals surface area contributed by atoms with Gasteiger partial charge in [-0.25, -0.2) is 0 Å². The molecule has 1 atom stereocenters. The topological polar surface area (TPSA) is 49.8 Å². The van der Waals surface area contributed by atoms with Crippen molar-refractivity contribution in [2.24, 2.45) is 5.73 Å². The number of nitrogens with zero attached hydrogens (tertiary/aromatic N) is 1. The molecule has 0 saturated carbocycles. The van der Waals surface area contributed by atoms with Gasteiger partial charge in [-0.2, -0.15) is 5.26 Å². The third kappa shape index (κ3) is 2.44. The van der Waals surface area contributed by atoms with Gasteiger partial charge in [0.15, 0.2) is 0 Å². The predicted molar refractivity (Wildman–Crippen MR) is 60.6 cm³/mol. The van der Waals surface area contributed by atoms with Crippen molar-refractivity contribution in [2.45, 2.75) is 12.5 Å². The van der Waals surface area contributed by atoms with Crippen LogP contribution in [-0.2, 0) is 0 Å². The van der Waals surface area contributed by atoms with Gasteiger partial charge in [-0.3, -0.25) is 0 Å². The summed E-state index contributed by atoms with van der Waals surface area (Å²) in [5, 5.41) is 8.72. The average molecular weight is 251 g/mol. The van der Waals surface area contributed by atoms with Crippen LogP contribution in [0.5, 0.6) is 0 Å². The first kappa shape index (κ1) is 11.0. The van der Waals surface area contributed by atoms with Crippen molar-refractivity contribution in [3.8, 4) is 6.07 Å². The molecule has 1 aromatic rings. The molecule has 2 nitrogen and oxygen atoms in total.